The Bertz CT molecular complexity index is 294. The lowest BCUT2D eigenvalue weighted by molar-refractivity contribution is 0.0980. The summed E-state index contributed by atoms with van der Waals surface area (Å²) < 4.78 is 0. The van der Waals surface area contributed by atoms with Crippen molar-refractivity contribution in [1.29, 1.82) is 0 Å². The van der Waals surface area contributed by atoms with Crippen molar-refractivity contribution in [3.63, 3.8) is 0 Å². The lowest BCUT2D eigenvalue weighted by Gasteiger charge is -2.01. The molecule has 0 N–H and O–H groups in total. The van der Waals surface area contributed by atoms with Gasteiger partial charge in [-0.1, -0.05) is 37.1 Å². The molecule has 0 spiro atoms. The van der Waals surface area contributed by atoms with E-state index in [1.54, 1.807) is 12.1 Å². The molecule has 1 radical (unpaired) electrons. The van der Waals surface area contributed by atoms with Gasteiger partial charge in [-0.15, -0.1) is 0 Å². The molecule has 0 atom stereocenters. The van der Waals surface area contributed by atoms with Crippen LogP contribution in [0.1, 0.15) is 29.6 Å². The van der Waals surface area contributed by atoms with E-state index in [1.165, 1.54) is 0 Å². The number of carbonyl (C=O) groups excluding carboxylic acids is 1. The van der Waals surface area contributed by atoms with E-state index in [2.05, 4.69) is 6.92 Å². The Labute approximate surface area is 83.7 Å². The van der Waals surface area contributed by atoms with Crippen LogP contribution in [0.4, 0.5) is 0 Å². The number of hydrogen-bond acceptors (Lipinski definition) is 1. The first-order valence-electron chi connectivity index (χ1n) is 4.32. The molecule has 1 aromatic carbocycles. The fourth-order valence-corrected chi connectivity index (χ4v) is 1.35. The Morgan fingerprint density at radius 2 is 2.08 bits per heavy atom. The molecular formula is C11H12ClO. The van der Waals surface area contributed by atoms with E-state index in [-0.39, 0.29) is 5.78 Å². The Kier molecular flexibility index (Phi) is 3.97. The average molecular weight is 196 g/mol. The molecule has 0 unspecified atom stereocenters. The van der Waals surface area contributed by atoms with Crippen molar-refractivity contribution in [2.75, 3.05) is 0 Å². The van der Waals surface area contributed by atoms with Gasteiger partial charge in [0, 0.05) is 12.0 Å². The summed E-state index contributed by atoms with van der Waals surface area (Å²) in [4.78, 5) is 11.5. The summed E-state index contributed by atoms with van der Waals surface area (Å²) >= 11 is 5.86. The maximum atomic E-state index is 11.5. The molecule has 0 aromatic heterocycles. The monoisotopic (exact) mass is 195 g/mol. The molecule has 0 saturated heterocycles. The van der Waals surface area contributed by atoms with Crippen LogP contribution in [0.15, 0.2) is 24.3 Å². The van der Waals surface area contributed by atoms with Crippen LogP contribution < -0.4 is 0 Å². The number of Topliss-reactive ketones (excluding diaryl/α,β-unsaturated/α-hetero) is 1. The molecule has 13 heavy (non-hydrogen) atoms. The van der Waals surface area contributed by atoms with Crippen LogP contribution in [-0.2, 0) is 0 Å². The normalized spacial score (nSPS) is 10.0. The van der Waals surface area contributed by atoms with Gasteiger partial charge in [-0.2, -0.15) is 0 Å². The SMILES string of the molecule is [CH2]CCCC(=O)c1ccccc1Cl. The van der Waals surface area contributed by atoms with Gasteiger partial charge in [0.1, 0.15) is 0 Å². The van der Waals surface area contributed by atoms with Crippen molar-refractivity contribution < 1.29 is 4.79 Å². The fourth-order valence-electron chi connectivity index (χ4n) is 1.11. The van der Waals surface area contributed by atoms with E-state index < -0.39 is 0 Å². The molecule has 0 heterocycles. The lowest BCUT2D eigenvalue weighted by Crippen LogP contribution is -1.99. The van der Waals surface area contributed by atoms with Crippen LogP contribution in [0.2, 0.25) is 5.02 Å². The third kappa shape index (κ3) is 2.85. The van der Waals surface area contributed by atoms with Gasteiger partial charge in [-0.05, 0) is 18.6 Å². The minimum Gasteiger partial charge on any atom is -0.294 e. The van der Waals surface area contributed by atoms with Crippen molar-refractivity contribution in [1.82, 2.24) is 0 Å². The summed E-state index contributed by atoms with van der Waals surface area (Å²) in [5.41, 5.74) is 0.623. The second-order valence-corrected chi connectivity index (χ2v) is 3.27. The molecule has 0 fully saturated rings. The first-order valence-corrected chi connectivity index (χ1v) is 4.70. The number of rotatable bonds is 4. The first-order chi connectivity index (χ1) is 6.25. The zero-order valence-corrected chi connectivity index (χ0v) is 8.18. The molecule has 0 saturated carbocycles. The molecule has 2 heteroatoms. The molecule has 69 valence electrons. The van der Waals surface area contributed by atoms with E-state index in [9.17, 15) is 4.79 Å². The number of halogens is 1. The highest BCUT2D eigenvalue weighted by molar-refractivity contribution is 6.33. The Morgan fingerprint density at radius 3 is 2.69 bits per heavy atom. The van der Waals surface area contributed by atoms with Gasteiger partial charge >= 0.3 is 0 Å². The molecule has 0 aliphatic heterocycles. The van der Waals surface area contributed by atoms with E-state index in [4.69, 9.17) is 11.6 Å². The van der Waals surface area contributed by atoms with E-state index in [1.807, 2.05) is 12.1 Å². The Morgan fingerprint density at radius 1 is 1.38 bits per heavy atom. The van der Waals surface area contributed by atoms with E-state index >= 15 is 0 Å². The van der Waals surface area contributed by atoms with Crippen molar-refractivity contribution in [2.45, 2.75) is 19.3 Å². The molecule has 0 amide bonds. The highest BCUT2D eigenvalue weighted by Crippen LogP contribution is 2.17. The molecule has 0 bridgehead atoms. The van der Waals surface area contributed by atoms with Crippen LogP contribution in [0.5, 0.6) is 0 Å². The maximum absolute atomic E-state index is 11.5. The summed E-state index contributed by atoms with van der Waals surface area (Å²) in [5.74, 6) is 0.106. The minimum atomic E-state index is 0.106. The molecule has 1 rings (SSSR count). The number of unbranched alkanes of at least 4 members (excludes halogenated alkanes) is 1. The summed E-state index contributed by atoms with van der Waals surface area (Å²) in [6.07, 6.45) is 2.15. The number of ketones is 1. The second-order valence-electron chi connectivity index (χ2n) is 2.86. The quantitative estimate of drug-likeness (QED) is 0.672. The number of benzene rings is 1. The lowest BCUT2D eigenvalue weighted by atomic mass is 10.1. The predicted molar refractivity (Wildman–Crippen MR) is 55.0 cm³/mol. The first kappa shape index (κ1) is 10.3. The van der Waals surface area contributed by atoms with Gasteiger partial charge in [-0.25, -0.2) is 0 Å². The predicted octanol–water partition coefficient (Wildman–Crippen LogP) is 3.53. The average Bonchev–Trinajstić information content (AvgIpc) is 2.15. The molecular weight excluding hydrogens is 184 g/mol. The molecule has 1 nitrogen and oxygen atoms in total. The third-order valence-corrected chi connectivity index (χ3v) is 2.16. The zero-order valence-electron chi connectivity index (χ0n) is 7.42. The zero-order chi connectivity index (χ0) is 9.68. The van der Waals surface area contributed by atoms with Crippen LogP contribution in [-0.4, -0.2) is 5.78 Å². The van der Waals surface area contributed by atoms with Gasteiger partial charge in [-0.3, -0.25) is 4.79 Å². The fraction of sp³-hybridized carbons (Fsp3) is 0.273. The summed E-state index contributed by atoms with van der Waals surface area (Å²) in [6.45, 7) is 3.69. The topological polar surface area (TPSA) is 17.1 Å². The van der Waals surface area contributed by atoms with Crippen LogP contribution in [0.25, 0.3) is 0 Å². The third-order valence-electron chi connectivity index (χ3n) is 1.83. The largest absolute Gasteiger partial charge is 0.294 e. The summed E-state index contributed by atoms with van der Waals surface area (Å²) in [5, 5.41) is 0.538. The van der Waals surface area contributed by atoms with Gasteiger partial charge in [0.2, 0.25) is 0 Å². The molecule has 0 aliphatic carbocycles. The van der Waals surface area contributed by atoms with Gasteiger partial charge in [0.15, 0.2) is 5.78 Å². The minimum absolute atomic E-state index is 0.106. The summed E-state index contributed by atoms with van der Waals surface area (Å²) in [6, 6.07) is 7.14. The van der Waals surface area contributed by atoms with Crippen molar-refractivity contribution in [3.8, 4) is 0 Å². The second kappa shape index (κ2) is 5.03. The number of hydrogen-bond donors (Lipinski definition) is 0. The van der Waals surface area contributed by atoms with Gasteiger partial charge in [0.05, 0.1) is 5.02 Å². The van der Waals surface area contributed by atoms with E-state index in [0.29, 0.717) is 17.0 Å². The van der Waals surface area contributed by atoms with Gasteiger partial charge in [0.25, 0.3) is 0 Å². The number of carbonyl (C=O) groups is 1. The van der Waals surface area contributed by atoms with Crippen LogP contribution >= 0.6 is 11.6 Å². The van der Waals surface area contributed by atoms with E-state index in [0.717, 1.165) is 12.8 Å². The Hall–Kier alpha value is -0.820. The van der Waals surface area contributed by atoms with Crippen molar-refractivity contribution >= 4 is 17.4 Å². The highest BCUT2D eigenvalue weighted by Gasteiger charge is 2.07. The van der Waals surface area contributed by atoms with Crippen LogP contribution in [0, 0.1) is 6.92 Å². The smallest absolute Gasteiger partial charge is 0.164 e. The Balaban J connectivity index is 2.71. The van der Waals surface area contributed by atoms with Crippen molar-refractivity contribution in [3.05, 3.63) is 41.8 Å². The molecule has 0 aliphatic rings. The standard InChI is InChI=1S/C11H12ClO/c1-2-3-8-11(13)9-6-4-5-7-10(9)12/h4-7H,1-3,8H2. The van der Waals surface area contributed by atoms with Crippen molar-refractivity contribution in [2.24, 2.45) is 0 Å². The van der Waals surface area contributed by atoms with Gasteiger partial charge < -0.3 is 0 Å². The summed E-state index contributed by atoms with van der Waals surface area (Å²) in [7, 11) is 0. The highest BCUT2D eigenvalue weighted by atomic mass is 35.5. The molecule has 1 aromatic rings. The maximum Gasteiger partial charge on any atom is 0.164 e. The van der Waals surface area contributed by atoms with Crippen LogP contribution in [0.3, 0.4) is 0 Å².